The number of hydrogen-bond acceptors (Lipinski definition) is 6. The molecule has 0 bridgehead atoms. The van der Waals surface area contributed by atoms with E-state index in [9.17, 15) is 26.4 Å². The smallest absolute Gasteiger partial charge is 0.241 e. The number of benzene rings is 2. The molecule has 10 nitrogen and oxygen atoms in total. The van der Waals surface area contributed by atoms with Crippen molar-refractivity contribution in [2.75, 3.05) is 18.4 Å². The quantitative estimate of drug-likeness (QED) is 0.361. The standard InChI is InChI=1S/C21H28N4O6S2/c1-14-5-6-15(2)20(13-14)33(30,31)23-12-11-22-21(27)16(3)25-32(28,29)19-9-7-18(8-10-19)24-17(4)26/h5-10,13,16,23,25H,11-12H2,1-4H3,(H,22,27)(H,24,26)/t16-/m0/s1. The molecule has 180 valence electrons. The molecule has 0 aliphatic rings. The van der Waals surface area contributed by atoms with E-state index in [1.807, 2.05) is 6.07 Å². The summed E-state index contributed by atoms with van der Waals surface area (Å²) in [4.78, 5) is 23.4. The van der Waals surface area contributed by atoms with Crippen molar-refractivity contribution in [1.29, 1.82) is 0 Å². The molecule has 12 heteroatoms. The van der Waals surface area contributed by atoms with Crippen molar-refractivity contribution in [3.8, 4) is 0 Å². The maximum absolute atomic E-state index is 12.5. The number of rotatable bonds is 10. The van der Waals surface area contributed by atoms with Crippen molar-refractivity contribution < 1.29 is 26.4 Å². The molecule has 0 radical (unpaired) electrons. The summed E-state index contributed by atoms with van der Waals surface area (Å²) in [5.41, 5.74) is 1.85. The third-order valence-corrected chi connectivity index (χ3v) is 7.72. The number of hydrogen-bond donors (Lipinski definition) is 4. The summed E-state index contributed by atoms with van der Waals surface area (Å²) < 4.78 is 54.6. The SMILES string of the molecule is CC(=O)Nc1ccc(S(=O)(=O)N[C@@H](C)C(=O)NCCNS(=O)(=O)c2cc(C)ccc2C)cc1. The number of sulfonamides is 2. The van der Waals surface area contributed by atoms with Crippen LogP contribution in [0, 0.1) is 13.8 Å². The van der Waals surface area contributed by atoms with Gasteiger partial charge in [0, 0.05) is 25.7 Å². The Balaban J connectivity index is 1.88. The van der Waals surface area contributed by atoms with E-state index in [0.717, 1.165) is 5.56 Å². The highest BCUT2D eigenvalue weighted by Crippen LogP contribution is 2.16. The summed E-state index contributed by atoms with van der Waals surface area (Å²) in [6, 6.07) is 9.48. The van der Waals surface area contributed by atoms with Crippen molar-refractivity contribution in [3.05, 3.63) is 53.6 Å². The molecular formula is C21H28N4O6S2. The number of nitrogens with one attached hydrogen (secondary N) is 4. The third kappa shape index (κ3) is 7.63. The Labute approximate surface area is 194 Å². The summed E-state index contributed by atoms with van der Waals surface area (Å²) >= 11 is 0. The fraction of sp³-hybridized carbons (Fsp3) is 0.333. The van der Waals surface area contributed by atoms with Crippen LogP contribution in [0.25, 0.3) is 0 Å². The second kappa shape index (κ2) is 10.9. The Kier molecular flexibility index (Phi) is 8.72. The first-order valence-electron chi connectivity index (χ1n) is 10.1. The minimum absolute atomic E-state index is 0.0274. The van der Waals surface area contributed by atoms with E-state index in [1.165, 1.54) is 38.1 Å². The summed E-state index contributed by atoms with van der Waals surface area (Å²) in [5, 5.41) is 5.03. The Morgan fingerprint density at radius 3 is 2.15 bits per heavy atom. The molecule has 0 heterocycles. The van der Waals surface area contributed by atoms with Crippen LogP contribution in [-0.4, -0.2) is 47.8 Å². The largest absolute Gasteiger partial charge is 0.353 e. The molecule has 2 rings (SSSR count). The average Bonchev–Trinajstić information content (AvgIpc) is 2.72. The van der Waals surface area contributed by atoms with E-state index in [4.69, 9.17) is 0 Å². The lowest BCUT2D eigenvalue weighted by molar-refractivity contribution is -0.122. The molecule has 0 saturated heterocycles. The van der Waals surface area contributed by atoms with Crippen LogP contribution >= 0.6 is 0 Å². The van der Waals surface area contributed by atoms with Crippen LogP contribution in [0.5, 0.6) is 0 Å². The first-order valence-corrected chi connectivity index (χ1v) is 13.0. The Bertz CT molecular complexity index is 1230. The van der Waals surface area contributed by atoms with Crippen molar-refractivity contribution >= 4 is 37.5 Å². The first kappa shape index (κ1) is 26.5. The van der Waals surface area contributed by atoms with E-state index in [2.05, 4.69) is 20.1 Å². The molecule has 0 aromatic heterocycles. The molecule has 0 aliphatic heterocycles. The lowest BCUT2D eigenvalue weighted by Crippen LogP contribution is -2.46. The highest BCUT2D eigenvalue weighted by atomic mass is 32.2. The van der Waals surface area contributed by atoms with Gasteiger partial charge in [0.1, 0.15) is 0 Å². The molecule has 0 unspecified atom stereocenters. The van der Waals surface area contributed by atoms with Crippen molar-refractivity contribution in [2.45, 2.75) is 43.5 Å². The predicted molar refractivity (Wildman–Crippen MR) is 125 cm³/mol. The minimum Gasteiger partial charge on any atom is -0.353 e. The van der Waals surface area contributed by atoms with Gasteiger partial charge in [-0.05, 0) is 62.2 Å². The molecule has 33 heavy (non-hydrogen) atoms. The predicted octanol–water partition coefficient (Wildman–Crippen LogP) is 1.02. The molecule has 0 aliphatic carbocycles. The molecule has 2 aromatic rings. The van der Waals surface area contributed by atoms with E-state index in [-0.39, 0.29) is 28.8 Å². The molecule has 0 saturated carbocycles. The molecule has 2 amide bonds. The summed E-state index contributed by atoms with van der Waals surface area (Å²) in [6.07, 6.45) is 0. The summed E-state index contributed by atoms with van der Waals surface area (Å²) in [5.74, 6) is -0.898. The number of carbonyl (C=O) groups is 2. The first-order chi connectivity index (χ1) is 15.3. The van der Waals surface area contributed by atoms with Gasteiger partial charge in [0.25, 0.3) is 0 Å². The number of anilines is 1. The van der Waals surface area contributed by atoms with Crippen LogP contribution in [-0.2, 0) is 29.6 Å². The second-order valence-corrected chi connectivity index (χ2v) is 11.0. The van der Waals surface area contributed by atoms with Crippen LogP contribution in [0.3, 0.4) is 0 Å². The Hall–Kier alpha value is -2.80. The molecule has 0 fully saturated rings. The third-order valence-electron chi connectivity index (χ3n) is 4.56. The normalized spacial score (nSPS) is 12.7. The van der Waals surface area contributed by atoms with Crippen LogP contribution in [0.4, 0.5) is 5.69 Å². The zero-order valence-electron chi connectivity index (χ0n) is 18.8. The van der Waals surface area contributed by atoms with Gasteiger partial charge in [0.2, 0.25) is 31.9 Å². The molecule has 4 N–H and O–H groups in total. The van der Waals surface area contributed by atoms with Gasteiger partial charge in [0.05, 0.1) is 15.8 Å². The maximum atomic E-state index is 12.5. The van der Waals surface area contributed by atoms with Crippen molar-refractivity contribution in [3.63, 3.8) is 0 Å². The second-order valence-electron chi connectivity index (χ2n) is 7.51. The highest BCUT2D eigenvalue weighted by Gasteiger charge is 2.22. The zero-order chi connectivity index (χ0) is 24.8. The van der Waals surface area contributed by atoms with Crippen molar-refractivity contribution in [2.24, 2.45) is 0 Å². The van der Waals surface area contributed by atoms with Crippen molar-refractivity contribution in [1.82, 2.24) is 14.8 Å². The van der Waals surface area contributed by atoms with Gasteiger partial charge in [-0.15, -0.1) is 0 Å². The molecule has 0 spiro atoms. The number of aryl methyl sites for hydroxylation is 2. The topological polar surface area (TPSA) is 151 Å². The fourth-order valence-electron chi connectivity index (χ4n) is 2.87. The van der Waals surface area contributed by atoms with Gasteiger partial charge >= 0.3 is 0 Å². The Morgan fingerprint density at radius 1 is 0.909 bits per heavy atom. The van der Waals surface area contributed by atoms with Gasteiger partial charge in [-0.2, -0.15) is 4.72 Å². The van der Waals surface area contributed by atoms with Gasteiger partial charge in [-0.1, -0.05) is 12.1 Å². The number of amides is 2. The van der Waals surface area contributed by atoms with Gasteiger partial charge in [-0.3, -0.25) is 9.59 Å². The van der Waals surface area contributed by atoms with E-state index in [0.29, 0.717) is 11.3 Å². The average molecular weight is 497 g/mol. The van der Waals surface area contributed by atoms with Gasteiger partial charge in [-0.25, -0.2) is 21.6 Å². The van der Waals surface area contributed by atoms with Crippen LogP contribution < -0.4 is 20.1 Å². The fourth-order valence-corrected chi connectivity index (χ4v) is 5.44. The van der Waals surface area contributed by atoms with Gasteiger partial charge in [0.15, 0.2) is 0 Å². The maximum Gasteiger partial charge on any atom is 0.241 e. The zero-order valence-corrected chi connectivity index (χ0v) is 20.4. The highest BCUT2D eigenvalue weighted by molar-refractivity contribution is 7.89. The van der Waals surface area contributed by atoms with Gasteiger partial charge < -0.3 is 10.6 Å². The Morgan fingerprint density at radius 2 is 1.55 bits per heavy atom. The lowest BCUT2D eigenvalue weighted by atomic mass is 10.2. The van der Waals surface area contributed by atoms with E-state index < -0.39 is 32.0 Å². The molecule has 2 aromatic carbocycles. The molecular weight excluding hydrogens is 468 g/mol. The number of carbonyl (C=O) groups excluding carboxylic acids is 2. The molecule has 1 atom stereocenters. The summed E-state index contributed by atoms with van der Waals surface area (Å²) in [6.45, 7) is 6.10. The minimum atomic E-state index is -3.98. The van der Waals surface area contributed by atoms with Crippen LogP contribution in [0.15, 0.2) is 52.3 Å². The lowest BCUT2D eigenvalue weighted by Gasteiger charge is -2.15. The van der Waals surface area contributed by atoms with Crippen LogP contribution in [0.1, 0.15) is 25.0 Å². The van der Waals surface area contributed by atoms with E-state index in [1.54, 1.807) is 26.0 Å². The summed E-state index contributed by atoms with van der Waals surface area (Å²) in [7, 11) is -7.73. The van der Waals surface area contributed by atoms with E-state index >= 15 is 0 Å². The van der Waals surface area contributed by atoms with Crippen LogP contribution in [0.2, 0.25) is 0 Å². The monoisotopic (exact) mass is 496 g/mol.